The highest BCUT2D eigenvalue weighted by atomic mass is 16.4. The quantitative estimate of drug-likeness (QED) is 0.523. The topological polar surface area (TPSA) is 84.1 Å². The van der Waals surface area contributed by atoms with Gasteiger partial charge in [-0.15, -0.1) is 0 Å². The van der Waals surface area contributed by atoms with E-state index in [1.807, 2.05) is 0 Å². The Morgan fingerprint density at radius 3 is 2.43 bits per heavy atom. The number of hydrogen-bond donors (Lipinski definition) is 2. The van der Waals surface area contributed by atoms with Crippen LogP contribution in [0.1, 0.15) is 6.92 Å². The monoisotopic (exact) mass is 204 g/mol. The molecular weight excluding hydrogens is 190 g/mol. The van der Waals surface area contributed by atoms with E-state index in [9.17, 15) is 9.70 Å². The van der Waals surface area contributed by atoms with Crippen LogP contribution in [-0.4, -0.2) is 63.5 Å². The van der Waals surface area contributed by atoms with E-state index in [0.717, 1.165) is 10.1 Å². The summed E-state index contributed by atoms with van der Waals surface area (Å²) in [6.45, 7) is 1.17. The molecule has 0 bridgehead atoms. The van der Waals surface area contributed by atoms with Gasteiger partial charge in [0.15, 0.2) is 4.87 Å². The molecule has 1 atom stereocenters. The lowest BCUT2D eigenvalue weighted by Crippen LogP contribution is -2.44. The molecule has 1 saturated heterocycles. The van der Waals surface area contributed by atoms with Gasteiger partial charge in [0, 0.05) is 6.92 Å². The third-order valence-corrected chi connectivity index (χ3v) is 2.06. The summed E-state index contributed by atoms with van der Waals surface area (Å²) in [5, 5.41) is 19.6. The Hall–Kier alpha value is -1.21. The van der Waals surface area contributed by atoms with Gasteiger partial charge in [0.2, 0.25) is 0 Å². The average molecular weight is 204 g/mol. The summed E-state index contributed by atoms with van der Waals surface area (Å²) in [5.41, 5.74) is 0. The molecule has 7 nitrogen and oxygen atoms in total. The number of hydrazine groups is 2. The maximum Gasteiger partial charge on any atom is 0.321 e. The summed E-state index contributed by atoms with van der Waals surface area (Å²) in [7, 11) is 0. The number of hydrogen-bond acceptors (Lipinski definition) is 4. The van der Waals surface area contributed by atoms with Crippen molar-refractivity contribution in [2.75, 3.05) is 26.3 Å². The smallest absolute Gasteiger partial charge is 0.321 e. The predicted molar refractivity (Wildman–Crippen MR) is 45.7 cm³/mol. The Kier molecular flexibility index (Phi) is 3.37. The molecule has 0 aromatic heterocycles. The van der Waals surface area contributed by atoms with Crippen molar-refractivity contribution in [2.45, 2.75) is 13.0 Å². The normalized spacial score (nSPS) is 22.4. The molecule has 1 aliphatic rings. The summed E-state index contributed by atoms with van der Waals surface area (Å²) in [6.07, 6.45) is 0. The molecule has 1 rings (SSSR count). The first kappa shape index (κ1) is 10.9. The van der Waals surface area contributed by atoms with Crippen LogP contribution in [0.15, 0.2) is 0 Å². The van der Waals surface area contributed by atoms with Crippen LogP contribution in [0.2, 0.25) is 0 Å². The van der Waals surface area contributed by atoms with Gasteiger partial charge in [0.1, 0.15) is 6.54 Å². The van der Waals surface area contributed by atoms with Gasteiger partial charge < -0.3 is 10.2 Å². The highest BCUT2D eigenvalue weighted by Crippen LogP contribution is 2.14. The largest absolute Gasteiger partial charge is 0.394 e. The summed E-state index contributed by atoms with van der Waals surface area (Å²) >= 11 is 0. The molecule has 1 aliphatic heterocycles. The van der Waals surface area contributed by atoms with Gasteiger partial charge in [-0.1, -0.05) is 0 Å². The molecule has 1 unspecified atom stereocenters. The first-order valence-electron chi connectivity index (χ1n) is 4.40. The maximum atomic E-state index is 11.4. The standard InChI is InChI=1S/C7H14N3O4/c1-6-7(13)8(2-4-11)9(3-5-12)10(6)14/h6,11-12H,2-5H2,1H3/q+1. The summed E-state index contributed by atoms with van der Waals surface area (Å²) in [4.78, 5) is 23.3. The molecule has 0 radical (unpaired) electrons. The van der Waals surface area contributed by atoms with Crippen molar-refractivity contribution in [3.05, 3.63) is 4.91 Å². The minimum atomic E-state index is -0.784. The van der Waals surface area contributed by atoms with Crippen LogP contribution in [0, 0.1) is 4.91 Å². The number of nitroso groups, excluding NO2 is 1. The van der Waals surface area contributed by atoms with E-state index in [0.29, 0.717) is 4.87 Å². The number of carbonyl (C=O) groups is 1. The van der Waals surface area contributed by atoms with E-state index in [2.05, 4.69) is 0 Å². The molecule has 7 heteroatoms. The van der Waals surface area contributed by atoms with Crippen LogP contribution in [0.5, 0.6) is 0 Å². The molecular formula is C7H14N3O4+. The molecule has 1 heterocycles. The van der Waals surface area contributed by atoms with Crippen molar-refractivity contribution >= 4 is 5.91 Å². The highest BCUT2D eigenvalue weighted by Gasteiger charge is 2.49. The van der Waals surface area contributed by atoms with Crippen molar-refractivity contribution < 1.29 is 19.9 Å². The minimum Gasteiger partial charge on any atom is -0.394 e. The summed E-state index contributed by atoms with van der Waals surface area (Å²) in [5.74, 6) is -0.359. The van der Waals surface area contributed by atoms with Gasteiger partial charge in [-0.2, -0.15) is 5.01 Å². The minimum absolute atomic E-state index is 0.0551. The van der Waals surface area contributed by atoms with Crippen LogP contribution < -0.4 is 0 Å². The number of nitrogens with zero attached hydrogens (tertiary/aromatic N) is 3. The Bertz CT molecular complexity index is 221. The Morgan fingerprint density at radius 1 is 1.36 bits per heavy atom. The molecule has 0 aromatic carbocycles. The van der Waals surface area contributed by atoms with E-state index < -0.39 is 6.04 Å². The molecule has 0 aromatic rings. The third-order valence-electron chi connectivity index (χ3n) is 2.06. The van der Waals surface area contributed by atoms with Gasteiger partial charge in [-0.05, 0) is 5.12 Å². The fourth-order valence-corrected chi connectivity index (χ4v) is 1.36. The van der Waals surface area contributed by atoms with Gasteiger partial charge in [0.25, 0.3) is 0 Å². The second-order valence-electron chi connectivity index (χ2n) is 2.98. The van der Waals surface area contributed by atoms with Gasteiger partial charge >= 0.3 is 11.9 Å². The predicted octanol–water partition coefficient (Wildman–Crippen LogP) is -1.89. The Labute approximate surface area is 81.0 Å². The van der Waals surface area contributed by atoms with Gasteiger partial charge in [0.05, 0.1) is 24.7 Å². The number of carbonyl (C=O) groups excluding carboxylic acids is 1. The van der Waals surface area contributed by atoms with E-state index in [1.165, 1.54) is 6.92 Å². The third kappa shape index (κ3) is 1.68. The van der Waals surface area contributed by atoms with Gasteiger partial charge in [-0.25, -0.2) is 0 Å². The van der Waals surface area contributed by atoms with Crippen LogP contribution in [-0.2, 0) is 4.79 Å². The number of β-amino-alcohol motifs (C(OH)–C–C–N with tert-alkyl or cyclic N) is 2. The lowest BCUT2D eigenvalue weighted by Gasteiger charge is -2.17. The number of aliphatic hydroxyl groups excluding tert-OH is 2. The number of rotatable bonds is 4. The lowest BCUT2D eigenvalue weighted by atomic mass is 10.3. The van der Waals surface area contributed by atoms with Crippen molar-refractivity contribution in [1.82, 2.24) is 10.1 Å². The molecule has 0 saturated carbocycles. The van der Waals surface area contributed by atoms with E-state index >= 15 is 0 Å². The van der Waals surface area contributed by atoms with E-state index in [-0.39, 0.29) is 32.2 Å². The van der Waals surface area contributed by atoms with Crippen molar-refractivity contribution in [3.8, 4) is 0 Å². The second-order valence-corrected chi connectivity index (χ2v) is 2.98. The first-order chi connectivity index (χ1) is 6.63. The molecule has 1 amide bonds. The molecule has 2 N–H and O–H groups in total. The van der Waals surface area contributed by atoms with Crippen LogP contribution in [0.4, 0.5) is 0 Å². The summed E-state index contributed by atoms with van der Waals surface area (Å²) in [6, 6.07) is -0.784. The molecule has 1 fully saturated rings. The zero-order valence-electron chi connectivity index (χ0n) is 7.96. The second kappa shape index (κ2) is 4.34. The molecule has 0 aliphatic carbocycles. The number of aliphatic hydroxyl groups is 2. The van der Waals surface area contributed by atoms with Crippen molar-refractivity contribution in [3.63, 3.8) is 0 Å². The Morgan fingerprint density at radius 2 is 1.93 bits per heavy atom. The fraction of sp³-hybridized carbons (Fsp3) is 0.857. The first-order valence-corrected chi connectivity index (χ1v) is 4.40. The average Bonchev–Trinajstić information content (AvgIpc) is 2.36. The van der Waals surface area contributed by atoms with Crippen molar-refractivity contribution in [2.24, 2.45) is 0 Å². The summed E-state index contributed by atoms with van der Waals surface area (Å²) < 4.78 is 0. The zero-order valence-corrected chi connectivity index (χ0v) is 7.96. The van der Waals surface area contributed by atoms with E-state index in [1.54, 1.807) is 0 Å². The molecule has 80 valence electrons. The lowest BCUT2D eigenvalue weighted by molar-refractivity contribution is -0.732. The van der Waals surface area contributed by atoms with Crippen LogP contribution in [0.25, 0.3) is 0 Å². The Balaban J connectivity index is 2.78. The molecule has 14 heavy (non-hydrogen) atoms. The van der Waals surface area contributed by atoms with Crippen LogP contribution >= 0.6 is 0 Å². The zero-order chi connectivity index (χ0) is 10.7. The fourth-order valence-electron chi connectivity index (χ4n) is 1.36. The number of amides is 1. The van der Waals surface area contributed by atoms with E-state index in [4.69, 9.17) is 10.2 Å². The molecule has 0 spiro atoms. The SMILES string of the molecule is CC1C(=O)N(CCO)N(CCO)[N+]1=O. The van der Waals surface area contributed by atoms with Gasteiger partial charge in [-0.3, -0.25) is 4.79 Å². The highest BCUT2D eigenvalue weighted by molar-refractivity contribution is 5.80. The maximum absolute atomic E-state index is 11.4. The van der Waals surface area contributed by atoms with Crippen LogP contribution in [0.3, 0.4) is 0 Å². The van der Waals surface area contributed by atoms with Crippen molar-refractivity contribution in [1.29, 1.82) is 0 Å².